The molecule has 1 aliphatic heterocycles. The van der Waals surface area contributed by atoms with Crippen LogP contribution in [0.2, 0.25) is 5.02 Å². The lowest BCUT2D eigenvalue weighted by Gasteiger charge is -2.26. The molecule has 0 bridgehead atoms. The Morgan fingerprint density at radius 3 is 2.88 bits per heavy atom. The van der Waals surface area contributed by atoms with E-state index in [1.54, 1.807) is 7.11 Å². The number of rotatable bonds is 8. The summed E-state index contributed by atoms with van der Waals surface area (Å²) in [5.41, 5.74) is 4.87. The van der Waals surface area contributed by atoms with Crippen molar-refractivity contribution in [2.24, 2.45) is 0 Å². The minimum absolute atomic E-state index is 0.0413. The number of aryl methyl sites for hydroxylation is 1. The monoisotopic (exact) mass is 452 g/mol. The van der Waals surface area contributed by atoms with Gasteiger partial charge in [0, 0.05) is 49.4 Å². The molecule has 1 aromatic heterocycles. The Balaban J connectivity index is 1.74. The average Bonchev–Trinajstić information content (AvgIpc) is 3.33. The Hall–Kier alpha value is -2.47. The van der Waals surface area contributed by atoms with E-state index in [9.17, 15) is 4.79 Å². The van der Waals surface area contributed by atoms with Crippen LogP contribution in [0.3, 0.4) is 0 Å². The first-order valence-corrected chi connectivity index (χ1v) is 11.5. The molecule has 1 fully saturated rings. The van der Waals surface area contributed by atoms with Gasteiger partial charge >= 0.3 is 0 Å². The molecule has 0 saturated carbocycles. The van der Waals surface area contributed by atoms with Crippen molar-refractivity contribution in [1.29, 1.82) is 0 Å². The fourth-order valence-corrected chi connectivity index (χ4v) is 4.37. The van der Waals surface area contributed by atoms with Crippen molar-refractivity contribution >= 4 is 28.4 Å². The second-order valence-corrected chi connectivity index (χ2v) is 8.75. The normalized spacial score (nSPS) is 15.9. The van der Waals surface area contributed by atoms with Crippen LogP contribution in [0.5, 0.6) is 0 Å². The number of hydrogen-bond donors (Lipinski definition) is 0. The number of benzene rings is 2. The average molecular weight is 453 g/mol. The molecule has 0 radical (unpaired) electrons. The predicted molar refractivity (Wildman–Crippen MR) is 128 cm³/mol. The number of aromatic nitrogens is 1. The molecule has 3 aromatic rings. The number of carbonyl (C=O) groups is 1. The number of pyridine rings is 1. The second kappa shape index (κ2) is 10.4. The van der Waals surface area contributed by atoms with E-state index in [4.69, 9.17) is 26.1 Å². The highest BCUT2D eigenvalue weighted by Crippen LogP contribution is 2.29. The number of ether oxygens (including phenoxy) is 2. The van der Waals surface area contributed by atoms with E-state index in [0.717, 1.165) is 52.5 Å². The summed E-state index contributed by atoms with van der Waals surface area (Å²) in [4.78, 5) is 20.2. The van der Waals surface area contributed by atoms with Gasteiger partial charge in [0.15, 0.2) is 0 Å². The summed E-state index contributed by atoms with van der Waals surface area (Å²) in [7, 11) is 1.68. The maximum atomic E-state index is 13.3. The first-order valence-electron chi connectivity index (χ1n) is 11.1. The third kappa shape index (κ3) is 5.29. The van der Waals surface area contributed by atoms with Gasteiger partial charge in [-0.15, -0.1) is 0 Å². The van der Waals surface area contributed by atoms with Crippen LogP contribution >= 0.6 is 11.6 Å². The van der Waals surface area contributed by atoms with Crippen LogP contribution < -0.4 is 0 Å². The van der Waals surface area contributed by atoms with E-state index in [0.29, 0.717) is 31.3 Å². The lowest BCUT2D eigenvalue weighted by molar-refractivity contribution is -0.141. The molecule has 1 saturated heterocycles. The number of nitrogens with zero attached hydrogens (tertiary/aromatic N) is 2. The van der Waals surface area contributed by atoms with Crippen molar-refractivity contribution in [2.45, 2.75) is 38.8 Å². The van der Waals surface area contributed by atoms with Crippen LogP contribution in [0.4, 0.5) is 0 Å². The van der Waals surface area contributed by atoms with Crippen molar-refractivity contribution in [1.82, 2.24) is 9.88 Å². The molecular weight excluding hydrogens is 424 g/mol. The molecule has 168 valence electrons. The molecule has 4 rings (SSSR count). The van der Waals surface area contributed by atoms with Gasteiger partial charge in [-0.25, -0.2) is 4.98 Å². The van der Waals surface area contributed by atoms with Crippen molar-refractivity contribution in [3.05, 3.63) is 64.7 Å². The molecule has 2 aromatic carbocycles. The zero-order valence-electron chi connectivity index (χ0n) is 18.6. The molecule has 1 amide bonds. The van der Waals surface area contributed by atoms with Crippen LogP contribution in [0.15, 0.2) is 48.5 Å². The zero-order chi connectivity index (χ0) is 22.5. The number of carbonyl (C=O) groups excluding carboxylic acids is 1. The number of halogens is 1. The summed E-state index contributed by atoms with van der Waals surface area (Å²) < 4.78 is 10.9. The van der Waals surface area contributed by atoms with Crippen LogP contribution in [0.25, 0.3) is 22.2 Å². The van der Waals surface area contributed by atoms with E-state index in [-0.39, 0.29) is 12.0 Å². The van der Waals surface area contributed by atoms with Crippen LogP contribution in [-0.4, -0.2) is 48.8 Å². The molecule has 6 heteroatoms. The van der Waals surface area contributed by atoms with Crippen LogP contribution in [0, 0.1) is 6.92 Å². The summed E-state index contributed by atoms with van der Waals surface area (Å²) in [6.07, 6.45) is 2.10. The Labute approximate surface area is 194 Å². The molecule has 5 nitrogen and oxygen atoms in total. The molecule has 0 unspecified atom stereocenters. The third-order valence-corrected chi connectivity index (χ3v) is 6.04. The van der Waals surface area contributed by atoms with Crippen molar-refractivity contribution in [3.63, 3.8) is 0 Å². The van der Waals surface area contributed by atoms with Crippen molar-refractivity contribution in [2.75, 3.05) is 26.9 Å². The Morgan fingerprint density at radius 1 is 1.25 bits per heavy atom. The summed E-state index contributed by atoms with van der Waals surface area (Å²) in [6, 6.07) is 16.1. The fraction of sp³-hybridized carbons (Fsp3) is 0.385. The van der Waals surface area contributed by atoms with Gasteiger partial charge in [0.05, 0.1) is 11.2 Å². The highest BCUT2D eigenvalue weighted by atomic mass is 35.5. The molecule has 2 heterocycles. The van der Waals surface area contributed by atoms with Gasteiger partial charge in [0.2, 0.25) is 0 Å². The highest BCUT2D eigenvalue weighted by molar-refractivity contribution is 6.30. The summed E-state index contributed by atoms with van der Waals surface area (Å²) in [5, 5.41) is 1.71. The molecule has 0 N–H and O–H groups in total. The largest absolute Gasteiger partial charge is 0.385 e. The molecule has 0 spiro atoms. The fourth-order valence-electron chi connectivity index (χ4n) is 4.18. The second-order valence-electron chi connectivity index (χ2n) is 8.31. The van der Waals surface area contributed by atoms with Gasteiger partial charge in [0.25, 0.3) is 5.91 Å². The van der Waals surface area contributed by atoms with E-state index in [2.05, 4.69) is 31.2 Å². The Kier molecular flexibility index (Phi) is 7.40. The lowest BCUT2D eigenvalue weighted by Crippen LogP contribution is -2.39. The smallest absolute Gasteiger partial charge is 0.252 e. The summed E-state index contributed by atoms with van der Waals surface area (Å²) in [6.45, 7) is 4.37. The van der Waals surface area contributed by atoms with Gasteiger partial charge in [-0.2, -0.15) is 0 Å². The number of hydrogen-bond acceptors (Lipinski definition) is 4. The Bertz CT molecular complexity index is 1100. The number of methoxy groups -OCH3 is 1. The van der Waals surface area contributed by atoms with Gasteiger partial charge < -0.3 is 14.4 Å². The minimum atomic E-state index is -0.358. The lowest BCUT2D eigenvalue weighted by atomic mass is 10.0. The summed E-state index contributed by atoms with van der Waals surface area (Å²) in [5.74, 6) is 0.0413. The van der Waals surface area contributed by atoms with Crippen LogP contribution in [0.1, 0.15) is 30.4 Å². The quantitative estimate of drug-likeness (QED) is 0.429. The van der Waals surface area contributed by atoms with E-state index in [1.807, 2.05) is 29.2 Å². The van der Waals surface area contributed by atoms with Crippen LogP contribution in [-0.2, 0) is 20.8 Å². The van der Waals surface area contributed by atoms with Gasteiger partial charge in [0.1, 0.15) is 6.10 Å². The molecule has 32 heavy (non-hydrogen) atoms. The molecule has 1 aliphatic rings. The van der Waals surface area contributed by atoms with Gasteiger partial charge in [-0.05, 0) is 61.6 Å². The molecule has 0 aliphatic carbocycles. The first kappa shape index (κ1) is 22.7. The van der Waals surface area contributed by atoms with Crippen molar-refractivity contribution in [3.8, 4) is 11.3 Å². The third-order valence-electron chi connectivity index (χ3n) is 5.80. The Morgan fingerprint density at radius 2 is 2.12 bits per heavy atom. The number of amides is 1. The highest BCUT2D eigenvalue weighted by Gasteiger charge is 2.29. The van der Waals surface area contributed by atoms with E-state index >= 15 is 0 Å². The molecule has 1 atom stereocenters. The maximum absolute atomic E-state index is 13.3. The first-order chi connectivity index (χ1) is 15.5. The topological polar surface area (TPSA) is 51.7 Å². The van der Waals surface area contributed by atoms with E-state index < -0.39 is 0 Å². The standard InChI is InChI=1S/C26H29ClN2O3/c1-18-9-10-19-15-21(25(28-23(19)14-18)20-6-3-7-22(27)16-20)17-29(11-5-12-31-2)26(30)24-8-4-13-32-24/h3,6-7,9-10,14-16,24H,4-5,8,11-13,17H2,1-2H3/t24-/m1/s1. The van der Waals surface area contributed by atoms with Gasteiger partial charge in [-0.1, -0.05) is 35.9 Å². The maximum Gasteiger partial charge on any atom is 0.252 e. The predicted octanol–water partition coefficient (Wildman–Crippen LogP) is 5.41. The zero-order valence-corrected chi connectivity index (χ0v) is 19.4. The summed E-state index contributed by atoms with van der Waals surface area (Å²) >= 11 is 6.29. The SMILES string of the molecule is COCCCN(Cc1cc2ccc(C)cc2nc1-c1cccc(Cl)c1)C(=O)[C@H]1CCCO1. The minimum Gasteiger partial charge on any atom is -0.385 e. The van der Waals surface area contributed by atoms with Gasteiger partial charge in [-0.3, -0.25) is 4.79 Å². The molecular formula is C26H29ClN2O3. The number of fused-ring (bicyclic) bond motifs is 1. The van der Waals surface area contributed by atoms with Crippen molar-refractivity contribution < 1.29 is 14.3 Å². The van der Waals surface area contributed by atoms with E-state index in [1.165, 1.54) is 0 Å².